The summed E-state index contributed by atoms with van der Waals surface area (Å²) in [5.74, 6) is 1.78. The fraction of sp³-hybridized carbons (Fsp3) is 0. The van der Waals surface area contributed by atoms with E-state index in [9.17, 15) is 0 Å². The van der Waals surface area contributed by atoms with Crippen LogP contribution < -0.4 is 20.7 Å². The number of aromatic nitrogens is 3. The SMILES string of the molecule is c1ccc(-c2nc(-c3cccc([Si](c4ccccc4)(c4ccccc4)c4ccc5c(c4)oc4ccccc45)c3)nc(-c3cccc(S(c4ccccc4)(c4ccccc4)c4ccc5c(c4)oc4ccccc45)c3)n2)cc1. The van der Waals surface area contributed by atoms with Gasteiger partial charge in [-0.3, -0.25) is 0 Å². The summed E-state index contributed by atoms with van der Waals surface area (Å²) in [5, 5.41) is 9.35. The smallest absolute Gasteiger partial charge is 0.179 e. The van der Waals surface area contributed by atoms with Crippen LogP contribution in [-0.4, -0.2) is 23.0 Å². The van der Waals surface area contributed by atoms with Crippen LogP contribution in [0.1, 0.15) is 0 Å². The Hall–Kier alpha value is -9.40. The van der Waals surface area contributed by atoms with Gasteiger partial charge in [-0.1, -0.05) is 212 Å². The second-order valence-electron chi connectivity index (χ2n) is 19.1. The minimum atomic E-state index is -3.07. The molecule has 7 heteroatoms. The molecule has 14 aromatic rings. The first-order valence-corrected chi connectivity index (χ1v) is 29.2. The summed E-state index contributed by atoms with van der Waals surface area (Å²) in [4.78, 5) is 20.9. The number of hydrogen-bond acceptors (Lipinski definition) is 5. The van der Waals surface area contributed by atoms with Gasteiger partial charge in [-0.15, -0.1) is 10.0 Å². The second kappa shape index (κ2) is 18.8. The summed E-state index contributed by atoms with van der Waals surface area (Å²) >= 11 is 0. The molecule has 3 heterocycles. The van der Waals surface area contributed by atoms with Crippen molar-refractivity contribution in [1.82, 2.24) is 15.0 Å². The quantitative estimate of drug-likeness (QED) is 0.0954. The normalized spacial score (nSPS) is 12.2. The predicted molar refractivity (Wildman–Crippen MR) is 314 cm³/mol. The van der Waals surface area contributed by atoms with Crippen LogP contribution in [0.3, 0.4) is 0 Å². The maximum atomic E-state index is 6.62. The van der Waals surface area contributed by atoms with Gasteiger partial charge in [-0.05, 0) is 93.5 Å². The van der Waals surface area contributed by atoms with Crippen LogP contribution in [0.2, 0.25) is 0 Å². The van der Waals surface area contributed by atoms with Gasteiger partial charge in [0.15, 0.2) is 25.5 Å². The number of benzene rings is 11. The molecule has 0 saturated heterocycles. The van der Waals surface area contributed by atoms with Crippen molar-refractivity contribution in [2.24, 2.45) is 0 Å². The fourth-order valence-electron chi connectivity index (χ4n) is 11.4. The minimum absolute atomic E-state index is 0.586. The van der Waals surface area contributed by atoms with E-state index in [0.29, 0.717) is 17.5 Å². The first-order valence-electron chi connectivity index (χ1n) is 25.6. The van der Waals surface area contributed by atoms with Crippen LogP contribution in [0.4, 0.5) is 0 Å². The van der Waals surface area contributed by atoms with Crippen molar-refractivity contribution in [1.29, 1.82) is 0 Å². The Kier molecular flexibility index (Phi) is 11.2. The molecule has 0 aliphatic carbocycles. The van der Waals surface area contributed by atoms with E-state index in [2.05, 4.69) is 243 Å². The van der Waals surface area contributed by atoms with E-state index in [1.807, 2.05) is 42.5 Å². The van der Waals surface area contributed by atoms with E-state index in [0.717, 1.165) is 70.4 Å². The first kappa shape index (κ1) is 45.2. The maximum absolute atomic E-state index is 6.62. The van der Waals surface area contributed by atoms with Gasteiger partial charge in [0.25, 0.3) is 0 Å². The van der Waals surface area contributed by atoms with Gasteiger partial charge < -0.3 is 8.83 Å². The molecule has 5 nitrogen and oxygen atoms in total. The third-order valence-electron chi connectivity index (χ3n) is 14.8. The highest BCUT2D eigenvalue weighted by molar-refractivity contribution is 8.34. The van der Waals surface area contributed by atoms with Gasteiger partial charge in [0.1, 0.15) is 22.3 Å². The minimum Gasteiger partial charge on any atom is -0.456 e. The summed E-state index contributed by atoms with van der Waals surface area (Å²) in [6.45, 7) is 0. The average Bonchev–Trinajstić information content (AvgIpc) is 4.13. The van der Waals surface area contributed by atoms with Gasteiger partial charge >= 0.3 is 0 Å². The van der Waals surface area contributed by atoms with Crippen molar-refractivity contribution in [2.75, 3.05) is 0 Å². The van der Waals surface area contributed by atoms with Gasteiger partial charge in [0.05, 0.1) is 0 Å². The standard InChI is InChI=1S/C69H47N3O2SSi/c1-6-22-48(23-7-1)67-70-68(49-24-20-30-53(44-49)75(51-26-8-2-9-27-51,52-28-10-3-11-29-52)54-40-42-61-59-36-16-18-38-63(59)73-65(61)46-54)72-69(71-67)50-25-21-35-57(45-50)76(55-31-12-4-13-32-55,56-33-14-5-15-34-56)58-41-43-62-60-37-17-19-39-64(60)74-66(62)47-58/h1-47H. The Morgan fingerprint density at radius 3 is 1.21 bits per heavy atom. The van der Waals surface area contributed by atoms with Crippen molar-refractivity contribution in [3.8, 4) is 34.2 Å². The first-order chi connectivity index (χ1) is 37.6. The van der Waals surface area contributed by atoms with E-state index in [4.69, 9.17) is 23.8 Å². The molecule has 0 atom stereocenters. The Labute approximate surface area is 442 Å². The number of furan rings is 2. The predicted octanol–water partition coefficient (Wildman–Crippen LogP) is 15.4. The number of hydrogen-bond donors (Lipinski definition) is 0. The molecule has 14 rings (SSSR count). The van der Waals surface area contributed by atoms with Crippen LogP contribution >= 0.6 is 10.0 Å². The van der Waals surface area contributed by atoms with E-state index >= 15 is 0 Å². The molecule has 360 valence electrons. The van der Waals surface area contributed by atoms with Crippen LogP contribution in [0, 0.1) is 0 Å². The number of para-hydroxylation sites is 2. The van der Waals surface area contributed by atoms with Gasteiger partial charge in [0.2, 0.25) is 0 Å². The Morgan fingerprint density at radius 1 is 0.250 bits per heavy atom. The van der Waals surface area contributed by atoms with Crippen molar-refractivity contribution < 1.29 is 8.83 Å². The van der Waals surface area contributed by atoms with Crippen LogP contribution in [0.5, 0.6) is 0 Å². The van der Waals surface area contributed by atoms with Crippen molar-refractivity contribution in [3.63, 3.8) is 0 Å². The van der Waals surface area contributed by atoms with Gasteiger partial charge in [-0.2, -0.15) is 0 Å². The maximum Gasteiger partial charge on any atom is 0.179 e. The molecule has 0 bridgehead atoms. The lowest BCUT2D eigenvalue weighted by Crippen LogP contribution is -2.74. The molecular formula is C69H47N3O2SSi. The molecule has 0 unspecified atom stereocenters. The number of rotatable bonds is 11. The van der Waals surface area contributed by atoms with Gasteiger partial charge in [-0.25, -0.2) is 15.0 Å². The molecule has 0 aliphatic rings. The van der Waals surface area contributed by atoms with Crippen molar-refractivity contribution in [3.05, 3.63) is 285 Å². The molecule has 0 spiro atoms. The van der Waals surface area contributed by atoms with Crippen LogP contribution in [0.25, 0.3) is 78.0 Å². The highest BCUT2D eigenvalue weighted by Crippen LogP contribution is 2.74. The largest absolute Gasteiger partial charge is 0.456 e. The van der Waals surface area contributed by atoms with Crippen molar-refractivity contribution in [2.45, 2.75) is 19.6 Å². The second-order valence-corrected chi connectivity index (χ2v) is 26.0. The molecular weight excluding hydrogens is 963 g/mol. The molecule has 11 aromatic carbocycles. The lowest BCUT2D eigenvalue weighted by Gasteiger charge is -2.42. The summed E-state index contributed by atoms with van der Waals surface area (Å²) in [6.07, 6.45) is 0. The lowest BCUT2D eigenvalue weighted by atomic mass is 10.1. The Morgan fingerprint density at radius 2 is 0.632 bits per heavy atom. The summed E-state index contributed by atoms with van der Waals surface area (Å²) < 4.78 is 13.2. The van der Waals surface area contributed by atoms with E-state index in [1.54, 1.807) is 0 Å². The van der Waals surface area contributed by atoms with Gasteiger partial charge in [0, 0.05) is 57.8 Å². The lowest BCUT2D eigenvalue weighted by molar-refractivity contribution is 0.667. The molecule has 0 aliphatic heterocycles. The zero-order valence-electron chi connectivity index (χ0n) is 41.2. The topological polar surface area (TPSA) is 65.0 Å². The molecule has 0 saturated carbocycles. The molecule has 76 heavy (non-hydrogen) atoms. The molecule has 0 radical (unpaired) electrons. The Bertz CT molecular complexity index is 4070. The molecule has 0 amide bonds. The highest BCUT2D eigenvalue weighted by Gasteiger charge is 2.42. The third-order valence-corrected chi connectivity index (χ3v) is 23.4. The van der Waals surface area contributed by atoms with E-state index in [1.165, 1.54) is 30.5 Å². The summed E-state index contributed by atoms with van der Waals surface area (Å²) in [7, 11) is -5.22. The molecule has 3 aromatic heterocycles. The molecule has 0 fully saturated rings. The van der Waals surface area contributed by atoms with Crippen molar-refractivity contribution >= 4 is 82.7 Å². The zero-order valence-corrected chi connectivity index (χ0v) is 43.0. The number of nitrogens with zero attached hydrogens (tertiary/aromatic N) is 3. The highest BCUT2D eigenvalue weighted by atomic mass is 32.3. The van der Waals surface area contributed by atoms with E-state index < -0.39 is 18.1 Å². The van der Waals surface area contributed by atoms with Crippen LogP contribution in [0.15, 0.2) is 314 Å². The Balaban J connectivity index is 0.979. The number of fused-ring (bicyclic) bond motifs is 6. The van der Waals surface area contributed by atoms with Crippen LogP contribution in [-0.2, 0) is 0 Å². The molecule has 0 N–H and O–H groups in total. The van der Waals surface area contributed by atoms with E-state index in [-0.39, 0.29) is 0 Å². The average molecular weight is 1010 g/mol. The summed E-state index contributed by atoms with van der Waals surface area (Å²) in [5.41, 5.74) is 6.18. The fourth-order valence-corrected chi connectivity index (χ4v) is 20.1. The summed E-state index contributed by atoms with van der Waals surface area (Å²) in [6, 6.07) is 102. The third kappa shape index (κ3) is 7.50. The zero-order chi connectivity index (χ0) is 50.5. The monoisotopic (exact) mass is 1010 g/mol.